The number of rotatable bonds is 28. The minimum absolute atomic E-state index is 0.0608. The molecule has 3 aliphatic heterocycles. The molecule has 10 aromatic carbocycles. The number of aliphatic hydroxyl groups excluding tert-OH is 6. The molecule has 118 heavy (non-hydrogen) atoms. The van der Waals surface area contributed by atoms with E-state index in [0.29, 0.717) is 47.5 Å². The highest BCUT2D eigenvalue weighted by Gasteiger charge is 2.54. The third kappa shape index (κ3) is 19.7. The number of para-hydroxylation sites is 2. The Morgan fingerprint density at radius 2 is 0.856 bits per heavy atom. The van der Waals surface area contributed by atoms with Crippen LogP contribution >= 0.6 is 0 Å². The zero-order valence-electron chi connectivity index (χ0n) is 65.5. The van der Waals surface area contributed by atoms with Crippen LogP contribution in [-0.2, 0) is 65.7 Å². The highest BCUT2D eigenvalue weighted by atomic mass is 19.1. The van der Waals surface area contributed by atoms with Crippen molar-refractivity contribution in [3.8, 4) is 33.8 Å². The molecule has 21 nitrogen and oxygen atoms in total. The Morgan fingerprint density at radius 1 is 0.458 bits per heavy atom. The van der Waals surface area contributed by atoms with Gasteiger partial charge in [0.2, 0.25) is 11.8 Å². The third-order valence-electron chi connectivity index (χ3n) is 22.3. The summed E-state index contributed by atoms with van der Waals surface area (Å²) in [6, 6.07) is 75.6. The van der Waals surface area contributed by atoms with Crippen LogP contribution < -0.4 is 19.3 Å². The molecule has 612 valence electrons. The maximum atomic E-state index is 14.0. The lowest BCUT2D eigenvalue weighted by Crippen LogP contribution is -2.56. The summed E-state index contributed by atoms with van der Waals surface area (Å²) >= 11 is 0. The van der Waals surface area contributed by atoms with Crippen molar-refractivity contribution in [2.75, 3.05) is 23.0 Å². The van der Waals surface area contributed by atoms with Crippen LogP contribution in [0, 0.1) is 29.4 Å². The van der Waals surface area contributed by atoms with Crippen molar-refractivity contribution in [2.24, 2.45) is 17.8 Å². The Kier molecular flexibility index (Phi) is 27.5. The number of hydrogen-bond donors (Lipinski definition) is 6. The van der Waals surface area contributed by atoms with Gasteiger partial charge in [-0.3, -0.25) is 28.8 Å². The molecule has 0 aromatic heterocycles. The molecular weight excluding hydrogens is 1510 g/mol. The van der Waals surface area contributed by atoms with E-state index in [1.54, 1.807) is 46.2 Å². The summed E-state index contributed by atoms with van der Waals surface area (Å²) in [5.74, 6) is -4.36. The molecule has 2 amide bonds. The Bertz CT molecular complexity index is 5070. The standard InChI is InChI=1S/C52H52FNO11.C43H42FNO8/c1-31(55)61-30-40-27-45(50(64-33(3)57)51(65-34(4)58)49(40)63-32(2)56)37-17-15-36(16-18-37)39-21-24-43(47(28-39)62-29-35-11-7-5-8-12-35)48-44(52(60)54(48)42-13-9-6-10-14-42)25-26-46(59)38-19-22-41(53)23-20-38;44-31-18-15-28(16-19-31)35(47)22-21-34-38(45(43(34)51)32-9-5-2-6-10-32)33-20-17-30(23-36(33)52-25-26-7-3-1-4-8-26)27-11-13-29(14-12-27)42-41(50)40(49)39(48)37(24-46)53-42/h5-24,28,40,44-46,48-51,59H,25-27,29-30H2,1-4H3;1-20,23,34-35,37-42,46-50H,21-22,24-25H2/t40-,44-,45+,46+,48-,49-,50+,51+;34-,35+,37-,38-,39-,40+,41-,42+/m11/s1. The smallest absolute Gasteiger partial charge is 0.303 e. The lowest BCUT2D eigenvalue weighted by Gasteiger charge is -2.48. The second kappa shape index (κ2) is 38.5. The van der Waals surface area contributed by atoms with Gasteiger partial charge in [0.15, 0.2) is 6.10 Å². The second-order valence-electron chi connectivity index (χ2n) is 30.2. The van der Waals surface area contributed by atoms with Crippen LogP contribution in [0.1, 0.15) is 141 Å². The minimum Gasteiger partial charge on any atom is -0.489 e. The largest absolute Gasteiger partial charge is 0.489 e. The lowest BCUT2D eigenvalue weighted by atomic mass is 9.72. The maximum absolute atomic E-state index is 14.0. The number of ether oxygens (including phenoxy) is 7. The van der Waals surface area contributed by atoms with Gasteiger partial charge in [0.25, 0.3) is 0 Å². The fraction of sp³-hybridized carbons (Fsp3) is 0.305. The quantitative estimate of drug-likeness (QED) is 0.0151. The van der Waals surface area contributed by atoms with Gasteiger partial charge >= 0.3 is 23.9 Å². The number of esters is 4. The molecule has 4 fully saturated rings. The summed E-state index contributed by atoms with van der Waals surface area (Å²) < 4.78 is 68.7. The van der Waals surface area contributed by atoms with Crippen molar-refractivity contribution < 1.29 is 101 Å². The number of halogens is 2. The van der Waals surface area contributed by atoms with E-state index in [1.807, 2.05) is 194 Å². The van der Waals surface area contributed by atoms with E-state index in [9.17, 15) is 68.2 Å². The molecule has 0 bridgehead atoms. The zero-order valence-corrected chi connectivity index (χ0v) is 65.5. The van der Waals surface area contributed by atoms with Gasteiger partial charge in [-0.25, -0.2) is 8.78 Å². The van der Waals surface area contributed by atoms with Crippen LogP contribution in [0.15, 0.2) is 255 Å². The van der Waals surface area contributed by atoms with Crippen LogP contribution in [-0.4, -0.2) is 122 Å². The fourth-order valence-corrected chi connectivity index (χ4v) is 16.3. The summed E-state index contributed by atoms with van der Waals surface area (Å²) in [5.41, 5.74) is 10.7. The van der Waals surface area contributed by atoms with Crippen molar-refractivity contribution in [1.29, 1.82) is 0 Å². The molecule has 1 saturated carbocycles. The first-order valence-corrected chi connectivity index (χ1v) is 39.4. The number of carbonyl (C=O) groups excluding carboxylic acids is 6. The van der Waals surface area contributed by atoms with E-state index >= 15 is 0 Å². The molecule has 23 heteroatoms. The van der Waals surface area contributed by atoms with Crippen LogP contribution in [0.3, 0.4) is 0 Å². The Balaban J connectivity index is 0.000000209. The van der Waals surface area contributed by atoms with Gasteiger partial charge in [-0.15, -0.1) is 0 Å². The summed E-state index contributed by atoms with van der Waals surface area (Å²) in [7, 11) is 0. The summed E-state index contributed by atoms with van der Waals surface area (Å²) in [6.45, 7) is 4.83. The van der Waals surface area contributed by atoms with Crippen LogP contribution in [0.2, 0.25) is 0 Å². The molecule has 0 radical (unpaired) electrons. The average molecular weight is 1610 g/mol. The number of benzene rings is 10. The molecule has 3 heterocycles. The Hall–Kier alpha value is -11.8. The highest BCUT2D eigenvalue weighted by molar-refractivity contribution is 6.04. The molecule has 0 unspecified atom stereocenters. The Labute approximate surface area is 682 Å². The van der Waals surface area contributed by atoms with E-state index in [0.717, 1.165) is 61.4 Å². The molecule has 0 spiro atoms. The molecular formula is C95H94F2N2O19. The van der Waals surface area contributed by atoms with Gasteiger partial charge in [-0.1, -0.05) is 194 Å². The number of nitrogens with zero attached hydrogens (tertiary/aromatic N) is 2. The second-order valence-corrected chi connectivity index (χ2v) is 30.2. The van der Waals surface area contributed by atoms with Gasteiger partial charge in [0, 0.05) is 62.0 Å². The molecule has 1 aliphatic carbocycles. The molecule has 4 aliphatic rings. The molecule has 10 aromatic rings. The molecule has 14 rings (SSSR count). The van der Waals surface area contributed by atoms with Crippen molar-refractivity contribution >= 4 is 47.1 Å². The molecule has 3 saturated heterocycles. The van der Waals surface area contributed by atoms with E-state index in [-0.39, 0.29) is 50.3 Å². The first kappa shape index (κ1) is 84.1. The molecule has 16 atom stereocenters. The summed E-state index contributed by atoms with van der Waals surface area (Å²) in [4.78, 5) is 80.6. The van der Waals surface area contributed by atoms with Gasteiger partial charge in [0.1, 0.15) is 79.1 Å². The van der Waals surface area contributed by atoms with Gasteiger partial charge < -0.3 is 73.6 Å². The maximum Gasteiger partial charge on any atom is 0.303 e. The minimum atomic E-state index is -1.48. The number of amides is 2. The number of β-lactam (4-membered cyclic amide) rings is 2. The van der Waals surface area contributed by atoms with Crippen LogP contribution in [0.25, 0.3) is 22.3 Å². The first-order chi connectivity index (χ1) is 57.0. The predicted molar refractivity (Wildman–Crippen MR) is 434 cm³/mol. The fourth-order valence-electron chi connectivity index (χ4n) is 16.3. The summed E-state index contributed by atoms with van der Waals surface area (Å²) in [5, 5.41) is 62.9. The van der Waals surface area contributed by atoms with E-state index in [2.05, 4.69) is 0 Å². The third-order valence-corrected chi connectivity index (χ3v) is 22.3. The van der Waals surface area contributed by atoms with Crippen molar-refractivity contribution in [3.63, 3.8) is 0 Å². The zero-order chi connectivity index (χ0) is 83.3. The number of carbonyl (C=O) groups is 6. The predicted octanol–water partition coefficient (Wildman–Crippen LogP) is 14.6. The molecule has 6 N–H and O–H groups in total. The van der Waals surface area contributed by atoms with Gasteiger partial charge in [0.05, 0.1) is 49.3 Å². The van der Waals surface area contributed by atoms with Crippen molar-refractivity contribution in [1.82, 2.24) is 0 Å². The first-order valence-electron chi connectivity index (χ1n) is 39.4. The van der Waals surface area contributed by atoms with E-state index in [1.165, 1.54) is 52.0 Å². The number of anilines is 2. The lowest BCUT2D eigenvalue weighted by molar-refractivity contribution is -0.231. The number of aliphatic hydroxyl groups is 6. The van der Waals surface area contributed by atoms with Gasteiger partial charge in [-0.2, -0.15) is 0 Å². The van der Waals surface area contributed by atoms with E-state index < -0.39 is 133 Å². The SMILES string of the molecule is CC(=O)OC[C@H]1C[C@@H](c2ccc(-c3ccc([C@@H]4[C@@H](CC[C@H](O)c5ccc(F)cc5)C(=O)N4c4ccccc4)c(OCc4ccccc4)c3)cc2)[C@H](OC(C)=O)[C@@H](OC(C)=O)[C@@H]1OC(C)=O.O=C1[C@H](CC[C@H](O)c2ccc(F)cc2)[C@@H](c2ccc(-c3ccc([C@@H]4O[C@H](CO)[C@@H](O)[C@H](O)[C@H]4O)cc3)cc2OCc2ccccc2)N1c1ccccc1. The van der Waals surface area contributed by atoms with E-state index in [4.69, 9.17) is 33.2 Å². The van der Waals surface area contributed by atoms with Crippen molar-refractivity contribution in [3.05, 3.63) is 311 Å². The normalized spacial score (nSPS) is 23.2. The Morgan fingerprint density at radius 3 is 1.27 bits per heavy atom. The highest BCUT2D eigenvalue weighted by Crippen LogP contribution is 2.52. The summed E-state index contributed by atoms with van der Waals surface area (Å²) in [6.07, 6.45) is -9.74. The average Bonchev–Trinajstić information content (AvgIpc) is 0.734. The monoisotopic (exact) mass is 1600 g/mol. The van der Waals surface area contributed by atoms with Crippen LogP contribution in [0.4, 0.5) is 20.2 Å². The van der Waals surface area contributed by atoms with Gasteiger partial charge in [-0.05, 0) is 148 Å². The van der Waals surface area contributed by atoms with Crippen molar-refractivity contribution in [2.45, 2.75) is 152 Å². The topological polar surface area (TPSA) is 295 Å². The number of hydrogen-bond acceptors (Lipinski definition) is 19. The van der Waals surface area contributed by atoms with Crippen LogP contribution in [0.5, 0.6) is 11.5 Å².